The Bertz CT molecular complexity index is 3130. The van der Waals surface area contributed by atoms with Gasteiger partial charge < -0.3 is 9.32 Å². The molecule has 0 amide bonds. The Balaban J connectivity index is 1.11. The summed E-state index contributed by atoms with van der Waals surface area (Å²) in [4.78, 5) is 2.42. The molecule has 0 radical (unpaired) electrons. The third-order valence-electron chi connectivity index (χ3n) is 11.9. The quantitative estimate of drug-likeness (QED) is 0.166. The van der Waals surface area contributed by atoms with E-state index in [0.717, 1.165) is 50.1 Å². The minimum atomic E-state index is -0.0738. The van der Waals surface area contributed by atoms with Gasteiger partial charge in [0.25, 0.3) is 0 Å². The second kappa shape index (κ2) is 12.1. The lowest BCUT2D eigenvalue weighted by atomic mass is 9.82. The highest BCUT2D eigenvalue weighted by atomic mass is 16.3. The molecule has 1 aliphatic carbocycles. The molecule has 0 saturated heterocycles. The molecule has 0 atom stereocenters. The van der Waals surface area contributed by atoms with Crippen LogP contribution in [0.4, 0.5) is 17.1 Å². The van der Waals surface area contributed by atoms with Crippen LogP contribution in [-0.2, 0) is 5.41 Å². The van der Waals surface area contributed by atoms with Gasteiger partial charge in [-0.15, -0.1) is 0 Å². The Morgan fingerprint density at radius 2 is 1.04 bits per heavy atom. The summed E-state index contributed by atoms with van der Waals surface area (Å²) in [5, 5.41) is 7.33. The largest absolute Gasteiger partial charge is 0.455 e. The molecule has 2 nitrogen and oxygen atoms in total. The number of rotatable bonds is 5. The number of furan rings is 1. The first-order valence-corrected chi connectivity index (χ1v) is 19.1. The van der Waals surface area contributed by atoms with Crippen molar-refractivity contribution in [1.82, 2.24) is 0 Å². The summed E-state index contributed by atoms with van der Waals surface area (Å²) in [5.41, 5.74) is 14.9. The summed E-state index contributed by atoms with van der Waals surface area (Å²) in [5.74, 6) is 0. The van der Waals surface area contributed by atoms with Crippen LogP contribution in [0.15, 0.2) is 192 Å². The summed E-state index contributed by atoms with van der Waals surface area (Å²) in [7, 11) is 0. The Labute approximate surface area is 320 Å². The number of hydrogen-bond donors (Lipinski definition) is 0. The molecule has 0 bridgehead atoms. The first-order valence-electron chi connectivity index (χ1n) is 19.1. The molecule has 1 aliphatic rings. The monoisotopic (exact) mass is 703 g/mol. The standard InChI is InChI=1S/C53H37NO/c1-53(2)48-22-8-5-15-42(48)47-33-37(30-32-49(47)53)54(50-23-9-6-16-43(50)45-20-12-21-46-44-17-7-10-24-51(44)55-52(45)46)36-28-25-35(26-29-36)39-18-11-19-40-38-14-4-3-13-34(38)27-31-41(39)40/h3-33H,1-2H3. The molecule has 0 aliphatic heterocycles. The number of anilines is 3. The van der Waals surface area contributed by atoms with E-state index in [4.69, 9.17) is 4.42 Å². The van der Waals surface area contributed by atoms with Gasteiger partial charge in [0, 0.05) is 38.7 Å². The van der Waals surface area contributed by atoms with E-state index >= 15 is 0 Å². The number of fused-ring (bicyclic) bond motifs is 9. The van der Waals surface area contributed by atoms with Gasteiger partial charge in [-0.3, -0.25) is 0 Å². The molecule has 0 N–H and O–H groups in total. The van der Waals surface area contributed by atoms with Crippen molar-refractivity contribution in [2.75, 3.05) is 4.90 Å². The lowest BCUT2D eigenvalue weighted by Gasteiger charge is -2.29. The van der Waals surface area contributed by atoms with E-state index in [1.807, 2.05) is 6.07 Å². The molecule has 0 fully saturated rings. The van der Waals surface area contributed by atoms with Gasteiger partial charge >= 0.3 is 0 Å². The van der Waals surface area contributed by atoms with Crippen molar-refractivity contribution in [3.8, 4) is 33.4 Å². The van der Waals surface area contributed by atoms with Crippen LogP contribution in [0.25, 0.3) is 76.9 Å². The van der Waals surface area contributed by atoms with Crippen molar-refractivity contribution in [2.45, 2.75) is 19.3 Å². The maximum absolute atomic E-state index is 6.61. The van der Waals surface area contributed by atoms with Gasteiger partial charge in [-0.05, 0) is 91.3 Å². The number of nitrogens with zero attached hydrogens (tertiary/aromatic N) is 1. The number of benzene rings is 9. The molecule has 260 valence electrons. The van der Waals surface area contributed by atoms with Crippen LogP contribution in [0.5, 0.6) is 0 Å². The van der Waals surface area contributed by atoms with Crippen molar-refractivity contribution in [3.63, 3.8) is 0 Å². The molecule has 1 heterocycles. The Morgan fingerprint density at radius 3 is 1.91 bits per heavy atom. The Morgan fingerprint density at radius 1 is 0.400 bits per heavy atom. The van der Waals surface area contributed by atoms with Crippen molar-refractivity contribution < 1.29 is 4.42 Å². The molecule has 2 heteroatoms. The van der Waals surface area contributed by atoms with E-state index in [-0.39, 0.29) is 5.41 Å². The molecule has 9 aromatic carbocycles. The average Bonchev–Trinajstić information content (AvgIpc) is 3.73. The van der Waals surface area contributed by atoms with Gasteiger partial charge in [0.05, 0.1) is 5.69 Å². The average molecular weight is 704 g/mol. The SMILES string of the molecule is CC1(C)c2ccccc2-c2cc(N(c3ccc(-c4cccc5c4ccc4ccccc45)cc3)c3ccccc3-c3cccc4c3oc3ccccc34)ccc21. The normalized spacial score (nSPS) is 13.1. The fourth-order valence-corrected chi connectivity index (χ4v) is 9.21. The maximum atomic E-state index is 6.61. The van der Waals surface area contributed by atoms with Crippen molar-refractivity contribution in [1.29, 1.82) is 0 Å². The zero-order valence-corrected chi connectivity index (χ0v) is 30.8. The lowest BCUT2D eigenvalue weighted by molar-refractivity contribution is 0.660. The highest BCUT2D eigenvalue weighted by Gasteiger charge is 2.35. The van der Waals surface area contributed by atoms with E-state index in [1.54, 1.807) is 0 Å². The number of para-hydroxylation sites is 3. The van der Waals surface area contributed by atoms with Gasteiger partial charge in [-0.2, -0.15) is 0 Å². The minimum Gasteiger partial charge on any atom is -0.455 e. The van der Waals surface area contributed by atoms with Crippen LogP contribution in [0.3, 0.4) is 0 Å². The second-order valence-electron chi connectivity index (χ2n) is 15.3. The predicted molar refractivity (Wildman–Crippen MR) is 232 cm³/mol. The summed E-state index contributed by atoms with van der Waals surface area (Å²) >= 11 is 0. The Hall–Kier alpha value is -6.90. The topological polar surface area (TPSA) is 16.4 Å². The van der Waals surface area contributed by atoms with Crippen LogP contribution in [0.2, 0.25) is 0 Å². The molecule has 0 unspecified atom stereocenters. The molecule has 0 spiro atoms. The zero-order chi connectivity index (χ0) is 36.7. The Kier molecular flexibility index (Phi) is 6.93. The second-order valence-corrected chi connectivity index (χ2v) is 15.3. The summed E-state index contributed by atoms with van der Waals surface area (Å²) in [6, 6.07) is 68.4. The fraction of sp³-hybridized carbons (Fsp3) is 0.0566. The number of hydrogen-bond acceptors (Lipinski definition) is 2. The van der Waals surface area contributed by atoms with Gasteiger partial charge in [0.2, 0.25) is 0 Å². The summed E-state index contributed by atoms with van der Waals surface area (Å²) < 4.78 is 6.61. The van der Waals surface area contributed by atoms with Crippen LogP contribution in [-0.4, -0.2) is 0 Å². The van der Waals surface area contributed by atoms with E-state index in [2.05, 4.69) is 201 Å². The van der Waals surface area contributed by atoms with Crippen molar-refractivity contribution in [3.05, 3.63) is 199 Å². The van der Waals surface area contributed by atoms with E-state index in [0.29, 0.717) is 0 Å². The molecule has 11 rings (SSSR count). The van der Waals surface area contributed by atoms with Gasteiger partial charge in [-0.1, -0.05) is 166 Å². The zero-order valence-electron chi connectivity index (χ0n) is 30.8. The summed E-state index contributed by atoms with van der Waals surface area (Å²) in [6.45, 7) is 4.68. The predicted octanol–water partition coefficient (Wildman–Crippen LogP) is 15.0. The van der Waals surface area contributed by atoms with E-state index in [9.17, 15) is 0 Å². The van der Waals surface area contributed by atoms with Crippen LogP contribution in [0.1, 0.15) is 25.0 Å². The smallest absolute Gasteiger partial charge is 0.143 e. The molecule has 10 aromatic rings. The molecular weight excluding hydrogens is 667 g/mol. The molecule has 55 heavy (non-hydrogen) atoms. The summed E-state index contributed by atoms with van der Waals surface area (Å²) in [6.07, 6.45) is 0. The van der Waals surface area contributed by atoms with Crippen molar-refractivity contribution >= 4 is 60.5 Å². The molecular formula is C53H37NO. The first kappa shape index (κ1) is 31.6. The third-order valence-corrected chi connectivity index (χ3v) is 11.9. The van der Waals surface area contributed by atoms with Crippen LogP contribution >= 0.6 is 0 Å². The van der Waals surface area contributed by atoms with Crippen LogP contribution < -0.4 is 4.90 Å². The molecule has 1 aromatic heterocycles. The van der Waals surface area contributed by atoms with E-state index in [1.165, 1.54) is 54.9 Å². The van der Waals surface area contributed by atoms with Gasteiger partial charge in [-0.25, -0.2) is 0 Å². The molecule has 0 saturated carbocycles. The highest BCUT2D eigenvalue weighted by Crippen LogP contribution is 2.51. The maximum Gasteiger partial charge on any atom is 0.143 e. The fourth-order valence-electron chi connectivity index (χ4n) is 9.21. The third kappa shape index (κ3) is 4.81. The van der Waals surface area contributed by atoms with Crippen molar-refractivity contribution in [2.24, 2.45) is 0 Å². The highest BCUT2D eigenvalue weighted by molar-refractivity contribution is 6.13. The lowest BCUT2D eigenvalue weighted by Crippen LogP contribution is -2.15. The van der Waals surface area contributed by atoms with Crippen LogP contribution in [0, 0.1) is 0 Å². The minimum absolute atomic E-state index is 0.0738. The van der Waals surface area contributed by atoms with E-state index < -0.39 is 0 Å². The van der Waals surface area contributed by atoms with Gasteiger partial charge in [0.1, 0.15) is 11.2 Å². The first-order chi connectivity index (χ1) is 27.0. The van der Waals surface area contributed by atoms with Gasteiger partial charge in [0.15, 0.2) is 0 Å².